The molecule has 18 heavy (non-hydrogen) atoms. The van der Waals surface area contributed by atoms with Crippen LogP contribution < -0.4 is 5.73 Å². The van der Waals surface area contributed by atoms with Gasteiger partial charge in [0.25, 0.3) is 0 Å². The second-order valence-electron chi connectivity index (χ2n) is 6.17. The van der Waals surface area contributed by atoms with Crippen LogP contribution in [0.4, 0.5) is 0 Å². The van der Waals surface area contributed by atoms with Gasteiger partial charge < -0.3 is 10.3 Å². The largest absolute Gasteiger partial charge is 0.339 e. The van der Waals surface area contributed by atoms with Crippen LogP contribution in [0.1, 0.15) is 70.0 Å². The van der Waals surface area contributed by atoms with E-state index in [0.717, 1.165) is 24.1 Å². The Hall–Kier alpha value is -0.900. The molecule has 0 aliphatic heterocycles. The molecule has 0 aromatic carbocycles. The van der Waals surface area contributed by atoms with Crippen molar-refractivity contribution in [3.63, 3.8) is 0 Å². The number of aromatic nitrogens is 2. The van der Waals surface area contributed by atoms with E-state index in [0.29, 0.717) is 18.4 Å². The predicted octanol–water partition coefficient (Wildman–Crippen LogP) is 3.06. The van der Waals surface area contributed by atoms with E-state index in [4.69, 9.17) is 10.3 Å². The number of rotatable bonds is 5. The molecular weight excluding hydrogens is 226 g/mol. The Bertz CT molecular complexity index is 375. The Kier molecular flexibility index (Phi) is 4.38. The second-order valence-corrected chi connectivity index (χ2v) is 6.17. The molecule has 3 unspecified atom stereocenters. The van der Waals surface area contributed by atoms with Crippen LogP contribution in [0.3, 0.4) is 0 Å². The average Bonchev–Trinajstić information content (AvgIpc) is 2.93. The van der Waals surface area contributed by atoms with Crippen molar-refractivity contribution >= 4 is 0 Å². The van der Waals surface area contributed by atoms with Crippen molar-refractivity contribution in [2.75, 3.05) is 6.54 Å². The van der Waals surface area contributed by atoms with Gasteiger partial charge in [-0.2, -0.15) is 4.98 Å². The summed E-state index contributed by atoms with van der Waals surface area (Å²) < 4.78 is 5.43. The summed E-state index contributed by atoms with van der Waals surface area (Å²) in [4.78, 5) is 4.59. The Morgan fingerprint density at radius 2 is 2.17 bits per heavy atom. The van der Waals surface area contributed by atoms with Gasteiger partial charge in [0.1, 0.15) is 0 Å². The Morgan fingerprint density at radius 3 is 2.72 bits per heavy atom. The van der Waals surface area contributed by atoms with Gasteiger partial charge in [-0.05, 0) is 37.5 Å². The van der Waals surface area contributed by atoms with Crippen LogP contribution in [0.2, 0.25) is 0 Å². The lowest BCUT2D eigenvalue weighted by atomic mass is 9.97. The maximum atomic E-state index is 5.81. The maximum absolute atomic E-state index is 5.81. The third-order valence-electron chi connectivity index (χ3n) is 3.91. The Balaban J connectivity index is 2.04. The summed E-state index contributed by atoms with van der Waals surface area (Å²) in [6, 6.07) is 0. The van der Waals surface area contributed by atoms with Crippen LogP contribution in [0.25, 0.3) is 0 Å². The molecule has 1 aromatic heterocycles. The van der Waals surface area contributed by atoms with E-state index in [9.17, 15) is 0 Å². The Labute approximate surface area is 109 Å². The molecule has 3 atom stereocenters. The number of nitrogens with zero attached hydrogens (tertiary/aromatic N) is 2. The SMILES string of the molecule is CC(C)CC(CN)c1nc(C2CCC(C)C2)no1. The molecule has 1 heterocycles. The van der Waals surface area contributed by atoms with Crippen LogP contribution >= 0.6 is 0 Å². The summed E-state index contributed by atoms with van der Waals surface area (Å²) >= 11 is 0. The van der Waals surface area contributed by atoms with Gasteiger partial charge in [-0.1, -0.05) is 25.9 Å². The van der Waals surface area contributed by atoms with Crippen molar-refractivity contribution in [3.05, 3.63) is 11.7 Å². The van der Waals surface area contributed by atoms with Gasteiger partial charge in [0.05, 0.1) is 5.92 Å². The molecule has 0 amide bonds. The Morgan fingerprint density at radius 1 is 1.39 bits per heavy atom. The lowest BCUT2D eigenvalue weighted by Crippen LogP contribution is -2.15. The fourth-order valence-electron chi connectivity index (χ4n) is 2.89. The van der Waals surface area contributed by atoms with Gasteiger partial charge in [-0.3, -0.25) is 0 Å². The zero-order valence-electron chi connectivity index (χ0n) is 11.7. The van der Waals surface area contributed by atoms with E-state index in [1.807, 2.05) is 0 Å². The topological polar surface area (TPSA) is 64.9 Å². The lowest BCUT2D eigenvalue weighted by Gasteiger charge is -2.12. The first kappa shape index (κ1) is 13.5. The van der Waals surface area contributed by atoms with E-state index in [1.54, 1.807) is 0 Å². The van der Waals surface area contributed by atoms with E-state index in [1.165, 1.54) is 19.3 Å². The van der Waals surface area contributed by atoms with Gasteiger partial charge in [-0.25, -0.2) is 0 Å². The number of hydrogen-bond donors (Lipinski definition) is 1. The maximum Gasteiger partial charge on any atom is 0.231 e. The van der Waals surface area contributed by atoms with Crippen LogP contribution in [0.5, 0.6) is 0 Å². The summed E-state index contributed by atoms with van der Waals surface area (Å²) in [5.74, 6) is 3.73. The number of hydrogen-bond acceptors (Lipinski definition) is 4. The van der Waals surface area contributed by atoms with Gasteiger partial charge in [-0.15, -0.1) is 0 Å². The molecule has 2 rings (SSSR count). The van der Waals surface area contributed by atoms with E-state index in [2.05, 4.69) is 30.9 Å². The highest BCUT2D eigenvalue weighted by Gasteiger charge is 2.28. The van der Waals surface area contributed by atoms with E-state index < -0.39 is 0 Å². The molecule has 1 aromatic rings. The van der Waals surface area contributed by atoms with Crippen LogP contribution in [0, 0.1) is 11.8 Å². The van der Waals surface area contributed by atoms with Crippen molar-refractivity contribution in [1.29, 1.82) is 0 Å². The minimum absolute atomic E-state index is 0.213. The quantitative estimate of drug-likeness (QED) is 0.873. The minimum Gasteiger partial charge on any atom is -0.339 e. The lowest BCUT2D eigenvalue weighted by molar-refractivity contribution is 0.330. The van der Waals surface area contributed by atoms with Crippen molar-refractivity contribution in [2.24, 2.45) is 17.6 Å². The van der Waals surface area contributed by atoms with Crippen molar-refractivity contribution in [2.45, 2.75) is 58.3 Å². The summed E-state index contributed by atoms with van der Waals surface area (Å²) in [5.41, 5.74) is 5.81. The predicted molar refractivity (Wildman–Crippen MR) is 71.3 cm³/mol. The molecule has 4 heteroatoms. The number of nitrogens with two attached hydrogens (primary N) is 1. The third-order valence-corrected chi connectivity index (χ3v) is 3.91. The molecule has 1 aliphatic rings. The van der Waals surface area contributed by atoms with Crippen LogP contribution in [-0.4, -0.2) is 16.7 Å². The zero-order chi connectivity index (χ0) is 13.1. The van der Waals surface area contributed by atoms with E-state index >= 15 is 0 Å². The zero-order valence-corrected chi connectivity index (χ0v) is 11.7. The molecule has 1 saturated carbocycles. The van der Waals surface area contributed by atoms with Crippen LogP contribution in [-0.2, 0) is 0 Å². The molecule has 102 valence electrons. The molecular formula is C14H25N3O. The second kappa shape index (κ2) is 5.83. The molecule has 0 radical (unpaired) electrons. The first-order valence-corrected chi connectivity index (χ1v) is 7.13. The minimum atomic E-state index is 0.213. The molecule has 4 nitrogen and oxygen atoms in total. The molecule has 0 bridgehead atoms. The fraction of sp³-hybridized carbons (Fsp3) is 0.857. The highest BCUT2D eigenvalue weighted by molar-refractivity contribution is 5.02. The van der Waals surface area contributed by atoms with Gasteiger partial charge >= 0.3 is 0 Å². The molecule has 2 N–H and O–H groups in total. The van der Waals surface area contributed by atoms with Crippen LogP contribution in [0.15, 0.2) is 4.52 Å². The highest BCUT2D eigenvalue weighted by Crippen LogP contribution is 2.37. The fourth-order valence-corrected chi connectivity index (χ4v) is 2.89. The smallest absolute Gasteiger partial charge is 0.231 e. The standard InChI is InChI=1S/C14H25N3O/c1-9(2)6-12(8-15)14-16-13(17-18-14)11-5-4-10(3)7-11/h9-12H,4-8,15H2,1-3H3. The highest BCUT2D eigenvalue weighted by atomic mass is 16.5. The average molecular weight is 251 g/mol. The summed E-state index contributed by atoms with van der Waals surface area (Å²) in [7, 11) is 0. The summed E-state index contributed by atoms with van der Waals surface area (Å²) in [6.07, 6.45) is 4.67. The summed E-state index contributed by atoms with van der Waals surface area (Å²) in [5, 5.41) is 4.17. The first-order chi connectivity index (χ1) is 8.60. The third kappa shape index (κ3) is 3.10. The van der Waals surface area contributed by atoms with Gasteiger partial charge in [0, 0.05) is 12.5 Å². The monoisotopic (exact) mass is 251 g/mol. The van der Waals surface area contributed by atoms with E-state index in [-0.39, 0.29) is 5.92 Å². The molecule has 0 spiro atoms. The van der Waals surface area contributed by atoms with Crippen molar-refractivity contribution in [3.8, 4) is 0 Å². The van der Waals surface area contributed by atoms with Gasteiger partial charge in [0.2, 0.25) is 5.89 Å². The van der Waals surface area contributed by atoms with Crippen molar-refractivity contribution in [1.82, 2.24) is 10.1 Å². The van der Waals surface area contributed by atoms with Crippen molar-refractivity contribution < 1.29 is 4.52 Å². The normalized spacial score (nSPS) is 25.8. The first-order valence-electron chi connectivity index (χ1n) is 7.13. The van der Waals surface area contributed by atoms with Gasteiger partial charge in [0.15, 0.2) is 5.82 Å². The molecule has 0 saturated heterocycles. The molecule has 1 aliphatic carbocycles. The summed E-state index contributed by atoms with van der Waals surface area (Å²) in [6.45, 7) is 7.26. The molecule has 1 fully saturated rings.